The van der Waals surface area contributed by atoms with Crippen molar-refractivity contribution in [3.05, 3.63) is 29.0 Å². The molecule has 1 aliphatic carbocycles. The van der Waals surface area contributed by atoms with E-state index in [0.717, 1.165) is 0 Å². The number of amides is 2. The highest BCUT2D eigenvalue weighted by atomic mass is 35.5. The van der Waals surface area contributed by atoms with Crippen molar-refractivity contribution in [2.45, 2.75) is 28.1 Å². The summed E-state index contributed by atoms with van der Waals surface area (Å²) in [5.41, 5.74) is 0.390. The molecule has 2 fully saturated rings. The van der Waals surface area contributed by atoms with Crippen LogP contribution in [0.3, 0.4) is 0 Å². The number of benzene rings is 1. The average Bonchev–Trinajstić information content (AvgIpc) is 2.85. The van der Waals surface area contributed by atoms with E-state index >= 15 is 0 Å². The second kappa shape index (κ2) is 5.90. The number of rotatable bonds is 3. The van der Waals surface area contributed by atoms with Crippen molar-refractivity contribution >= 4 is 63.9 Å². The van der Waals surface area contributed by atoms with E-state index in [0.29, 0.717) is 18.7 Å². The number of alkyl halides is 3. The number of likely N-dealkylation sites (N-methyl/N-ethyl adjacent to an activating group) is 1. The third-order valence-electron chi connectivity index (χ3n) is 4.44. The first kappa shape index (κ1) is 18.1. The number of hydrogen-bond acceptors (Lipinski definition) is 2. The van der Waals surface area contributed by atoms with Crippen LogP contribution in [0.15, 0.2) is 18.2 Å². The Hall–Kier alpha value is -0.750. The van der Waals surface area contributed by atoms with Crippen LogP contribution >= 0.6 is 46.4 Å². The van der Waals surface area contributed by atoms with Crippen molar-refractivity contribution < 1.29 is 14.0 Å². The molecule has 1 aromatic carbocycles. The fourth-order valence-electron chi connectivity index (χ4n) is 2.85. The summed E-state index contributed by atoms with van der Waals surface area (Å²) in [4.78, 5) is 26.4. The van der Waals surface area contributed by atoms with Crippen molar-refractivity contribution in [3.63, 3.8) is 0 Å². The van der Waals surface area contributed by atoms with Crippen LogP contribution in [0.1, 0.15) is 12.8 Å². The molecule has 24 heavy (non-hydrogen) atoms. The first-order valence-electron chi connectivity index (χ1n) is 7.19. The lowest BCUT2D eigenvalue weighted by Crippen LogP contribution is -2.47. The summed E-state index contributed by atoms with van der Waals surface area (Å²) in [6, 6.07) is 3.43. The lowest BCUT2D eigenvalue weighted by Gasteiger charge is -2.26. The van der Waals surface area contributed by atoms with E-state index in [2.05, 4.69) is 0 Å². The topological polar surface area (TPSA) is 40.6 Å². The lowest BCUT2D eigenvalue weighted by molar-refractivity contribution is -0.137. The third-order valence-corrected chi connectivity index (χ3v) is 6.47. The minimum absolute atomic E-state index is 0.0207. The molecule has 3 rings (SSSR count). The number of carbonyl (C=O) groups is 2. The quantitative estimate of drug-likeness (QED) is 0.710. The number of halogens is 5. The summed E-state index contributed by atoms with van der Waals surface area (Å²) in [6.45, 7) is 0.352. The molecule has 1 saturated heterocycles. The van der Waals surface area contributed by atoms with Gasteiger partial charge in [-0.1, -0.05) is 34.8 Å². The van der Waals surface area contributed by atoms with E-state index in [4.69, 9.17) is 46.4 Å². The van der Waals surface area contributed by atoms with Gasteiger partial charge in [-0.3, -0.25) is 9.59 Å². The fourth-order valence-corrected chi connectivity index (χ4v) is 4.00. The molecule has 2 aliphatic rings. The Labute approximate surface area is 158 Å². The van der Waals surface area contributed by atoms with Gasteiger partial charge in [0.25, 0.3) is 0 Å². The predicted molar refractivity (Wildman–Crippen MR) is 92.6 cm³/mol. The van der Waals surface area contributed by atoms with Gasteiger partial charge in [0.15, 0.2) is 4.87 Å². The van der Waals surface area contributed by atoms with Gasteiger partial charge in [-0.25, -0.2) is 4.39 Å². The molecule has 0 N–H and O–H groups in total. The Balaban J connectivity index is 1.76. The van der Waals surface area contributed by atoms with Gasteiger partial charge in [0, 0.05) is 25.7 Å². The van der Waals surface area contributed by atoms with Gasteiger partial charge >= 0.3 is 0 Å². The molecule has 1 saturated carbocycles. The summed E-state index contributed by atoms with van der Waals surface area (Å²) in [7, 11) is 1.49. The van der Waals surface area contributed by atoms with Crippen molar-refractivity contribution in [1.82, 2.24) is 4.90 Å². The van der Waals surface area contributed by atoms with Crippen LogP contribution in [0.25, 0.3) is 0 Å². The maximum atomic E-state index is 13.6. The minimum atomic E-state index is -1.40. The Kier molecular flexibility index (Phi) is 4.44. The molecule has 9 heteroatoms. The zero-order chi connectivity index (χ0) is 17.9. The predicted octanol–water partition coefficient (Wildman–Crippen LogP) is 3.60. The summed E-state index contributed by atoms with van der Waals surface area (Å²) >= 11 is 23.7. The monoisotopic (exact) mass is 412 g/mol. The van der Waals surface area contributed by atoms with Gasteiger partial charge in [-0.15, -0.1) is 11.6 Å². The molecule has 0 radical (unpaired) electrons. The van der Waals surface area contributed by atoms with Gasteiger partial charge in [-0.2, -0.15) is 0 Å². The van der Waals surface area contributed by atoms with Crippen LogP contribution in [-0.2, 0) is 9.59 Å². The molecule has 1 aromatic rings. The Bertz CT molecular complexity index is 729. The van der Waals surface area contributed by atoms with Crippen molar-refractivity contribution in [3.8, 4) is 0 Å². The molecule has 4 nitrogen and oxygen atoms in total. The van der Waals surface area contributed by atoms with Crippen LogP contribution in [-0.4, -0.2) is 45.6 Å². The zero-order valence-electron chi connectivity index (χ0n) is 12.5. The first-order chi connectivity index (χ1) is 11.1. The van der Waals surface area contributed by atoms with Crippen LogP contribution in [0, 0.1) is 5.82 Å². The second-order valence-corrected chi connectivity index (χ2v) is 8.53. The highest BCUT2D eigenvalue weighted by Gasteiger charge is 2.72. The molecular weight excluding hydrogens is 401 g/mol. The summed E-state index contributed by atoms with van der Waals surface area (Å²) in [5.74, 6) is -1.42. The van der Waals surface area contributed by atoms with Crippen LogP contribution in [0.2, 0.25) is 5.02 Å². The number of hydrogen-bond donors (Lipinski definition) is 0. The number of anilines is 1. The van der Waals surface area contributed by atoms with Crippen molar-refractivity contribution in [2.24, 2.45) is 0 Å². The molecule has 2 atom stereocenters. The maximum absolute atomic E-state index is 13.6. The molecule has 130 valence electrons. The maximum Gasteiger partial charge on any atom is 0.249 e. The Morgan fingerprint density at radius 2 is 2.00 bits per heavy atom. The zero-order valence-corrected chi connectivity index (χ0v) is 15.6. The molecule has 2 unspecified atom stereocenters. The first-order valence-corrected chi connectivity index (χ1v) is 8.70. The average molecular weight is 414 g/mol. The fraction of sp³-hybridized carbons (Fsp3) is 0.467. The number of nitrogens with zero attached hydrogens (tertiary/aromatic N) is 2. The standard InChI is InChI=1S/C15H13Cl4FN2O2/c1-21(13(24)14(17)7-15(14,18)19)11-4-5-22(12(11)23)8-2-3-9(16)10(20)6-8/h2-3,6,11H,4-5,7H2,1H3. The molecule has 1 aliphatic heterocycles. The van der Waals surface area contributed by atoms with Crippen LogP contribution in [0.4, 0.5) is 10.1 Å². The molecule has 2 amide bonds. The van der Waals surface area contributed by atoms with Gasteiger partial charge < -0.3 is 9.80 Å². The minimum Gasteiger partial charge on any atom is -0.332 e. The van der Waals surface area contributed by atoms with E-state index < -0.39 is 27.0 Å². The molecule has 0 aromatic heterocycles. The summed E-state index contributed by atoms with van der Waals surface area (Å²) < 4.78 is 12.3. The van der Waals surface area contributed by atoms with Gasteiger partial charge in [0.1, 0.15) is 16.2 Å². The van der Waals surface area contributed by atoms with E-state index in [1.165, 1.54) is 29.0 Å². The highest BCUT2D eigenvalue weighted by Crippen LogP contribution is 2.62. The normalized spacial score (nSPS) is 28.2. The van der Waals surface area contributed by atoms with E-state index in [1.54, 1.807) is 6.07 Å². The molecular formula is C15H13Cl4FN2O2. The summed E-state index contributed by atoms with van der Waals surface area (Å²) in [6.07, 6.45) is 0.525. The lowest BCUT2D eigenvalue weighted by atomic mass is 10.2. The Morgan fingerprint density at radius 1 is 1.38 bits per heavy atom. The molecule has 1 heterocycles. The van der Waals surface area contributed by atoms with Gasteiger partial charge in [0.05, 0.1) is 5.02 Å². The van der Waals surface area contributed by atoms with Crippen molar-refractivity contribution in [2.75, 3.05) is 18.5 Å². The van der Waals surface area contributed by atoms with Gasteiger partial charge in [0.2, 0.25) is 11.8 Å². The van der Waals surface area contributed by atoms with Crippen LogP contribution in [0.5, 0.6) is 0 Å². The smallest absolute Gasteiger partial charge is 0.249 e. The Morgan fingerprint density at radius 3 is 2.54 bits per heavy atom. The molecule has 0 spiro atoms. The third kappa shape index (κ3) is 2.75. The number of carbonyl (C=O) groups excluding carboxylic acids is 2. The second-order valence-electron chi connectivity index (χ2n) is 5.99. The summed E-state index contributed by atoms with van der Waals surface area (Å²) in [5, 5.41) is -0.0207. The van der Waals surface area contributed by atoms with E-state index in [9.17, 15) is 14.0 Å². The molecule has 0 bridgehead atoms. The van der Waals surface area contributed by atoms with E-state index in [1.807, 2.05) is 0 Å². The highest BCUT2D eigenvalue weighted by molar-refractivity contribution is 6.62. The van der Waals surface area contributed by atoms with Gasteiger partial charge in [-0.05, 0) is 24.6 Å². The van der Waals surface area contributed by atoms with E-state index in [-0.39, 0.29) is 17.4 Å². The van der Waals surface area contributed by atoms with Crippen molar-refractivity contribution in [1.29, 1.82) is 0 Å². The SMILES string of the molecule is CN(C(=O)C1(Cl)CC1(Cl)Cl)C1CCN(c2ccc(Cl)c(F)c2)C1=O. The van der Waals surface area contributed by atoms with Crippen LogP contribution < -0.4 is 4.90 Å². The largest absolute Gasteiger partial charge is 0.332 e.